The van der Waals surface area contributed by atoms with Crippen molar-refractivity contribution in [2.75, 3.05) is 0 Å². The van der Waals surface area contributed by atoms with Gasteiger partial charge in [-0.25, -0.2) is 0 Å². The van der Waals surface area contributed by atoms with Gasteiger partial charge < -0.3 is 4.74 Å². The van der Waals surface area contributed by atoms with E-state index in [-0.39, 0.29) is 6.10 Å². The number of unbranched alkanes of at least 4 members (excludes halogenated alkanes) is 6. The average Bonchev–Trinajstić information content (AvgIpc) is 2.80. The highest BCUT2D eigenvalue weighted by molar-refractivity contribution is 5.64. The molecule has 2 unspecified atom stereocenters. The first-order valence-corrected chi connectivity index (χ1v) is 13.0. The third kappa shape index (κ3) is 10.4. The molecule has 2 aromatic rings. The topological polar surface area (TPSA) is 9.23 Å². The summed E-state index contributed by atoms with van der Waals surface area (Å²) in [4.78, 5) is 0. The van der Waals surface area contributed by atoms with Crippen LogP contribution in [0.1, 0.15) is 104 Å². The first-order valence-electron chi connectivity index (χ1n) is 13.0. The van der Waals surface area contributed by atoms with Crippen LogP contribution in [0.5, 0.6) is 5.75 Å². The van der Waals surface area contributed by atoms with Crippen molar-refractivity contribution in [2.45, 2.75) is 111 Å². The van der Waals surface area contributed by atoms with Gasteiger partial charge in [0.1, 0.15) is 5.75 Å². The van der Waals surface area contributed by atoms with E-state index in [9.17, 15) is 0 Å². The van der Waals surface area contributed by atoms with Crippen molar-refractivity contribution in [3.05, 3.63) is 54.1 Å². The summed E-state index contributed by atoms with van der Waals surface area (Å²) in [5, 5.41) is 0. The SMILES string of the molecule is CCCCCCC(C)Oc1ccc(-c2ccc(CCCCCCC(C)CC)cc2)cc1. The van der Waals surface area contributed by atoms with Crippen LogP contribution in [-0.4, -0.2) is 6.10 Å². The Balaban J connectivity index is 1.72. The van der Waals surface area contributed by atoms with Crippen LogP contribution in [-0.2, 0) is 6.42 Å². The molecule has 0 radical (unpaired) electrons. The van der Waals surface area contributed by atoms with Crippen molar-refractivity contribution in [2.24, 2.45) is 5.92 Å². The summed E-state index contributed by atoms with van der Waals surface area (Å²) < 4.78 is 6.10. The molecule has 31 heavy (non-hydrogen) atoms. The van der Waals surface area contributed by atoms with E-state index in [1.54, 1.807) is 0 Å². The monoisotopic (exact) mass is 422 g/mol. The van der Waals surface area contributed by atoms with E-state index in [2.05, 4.69) is 76.2 Å². The van der Waals surface area contributed by atoms with Crippen LogP contribution < -0.4 is 4.74 Å². The van der Waals surface area contributed by atoms with Crippen LogP contribution in [0, 0.1) is 5.92 Å². The highest BCUT2D eigenvalue weighted by Crippen LogP contribution is 2.24. The van der Waals surface area contributed by atoms with Crippen molar-refractivity contribution < 1.29 is 4.74 Å². The van der Waals surface area contributed by atoms with E-state index in [1.165, 1.54) is 87.3 Å². The van der Waals surface area contributed by atoms with Gasteiger partial charge >= 0.3 is 0 Å². The van der Waals surface area contributed by atoms with Crippen molar-refractivity contribution in [1.82, 2.24) is 0 Å². The van der Waals surface area contributed by atoms with Crippen LogP contribution >= 0.6 is 0 Å². The second kappa shape index (κ2) is 15.1. The van der Waals surface area contributed by atoms with E-state index in [0.29, 0.717) is 0 Å². The number of benzene rings is 2. The van der Waals surface area contributed by atoms with Crippen LogP contribution in [0.2, 0.25) is 0 Å². The number of hydrogen-bond acceptors (Lipinski definition) is 1. The summed E-state index contributed by atoms with van der Waals surface area (Å²) in [7, 11) is 0. The predicted octanol–water partition coefficient (Wildman–Crippen LogP) is 9.63. The highest BCUT2D eigenvalue weighted by Gasteiger charge is 2.05. The van der Waals surface area contributed by atoms with Crippen molar-refractivity contribution >= 4 is 0 Å². The molecule has 0 N–H and O–H groups in total. The Bertz CT molecular complexity index is 685. The van der Waals surface area contributed by atoms with Gasteiger partial charge in [0.25, 0.3) is 0 Å². The van der Waals surface area contributed by atoms with Crippen LogP contribution in [0.4, 0.5) is 0 Å². The first-order chi connectivity index (χ1) is 15.1. The van der Waals surface area contributed by atoms with Gasteiger partial charge in [0.15, 0.2) is 0 Å². The summed E-state index contributed by atoms with van der Waals surface area (Å²) in [6, 6.07) is 17.7. The third-order valence-electron chi connectivity index (χ3n) is 6.55. The lowest BCUT2D eigenvalue weighted by Crippen LogP contribution is -2.11. The molecular formula is C30H46O. The molecule has 1 nitrogen and oxygen atoms in total. The smallest absolute Gasteiger partial charge is 0.119 e. The Kier molecular flexibility index (Phi) is 12.4. The molecule has 2 aromatic carbocycles. The minimum Gasteiger partial charge on any atom is -0.491 e. The molecule has 1 heteroatoms. The molecule has 0 fully saturated rings. The van der Waals surface area contributed by atoms with Gasteiger partial charge in [-0.15, -0.1) is 0 Å². The van der Waals surface area contributed by atoms with E-state index >= 15 is 0 Å². The number of hydrogen-bond donors (Lipinski definition) is 0. The zero-order chi connectivity index (χ0) is 22.3. The van der Waals surface area contributed by atoms with Crippen molar-refractivity contribution in [1.29, 1.82) is 0 Å². The second-order valence-electron chi connectivity index (χ2n) is 9.47. The molecule has 0 spiro atoms. The Morgan fingerprint density at radius 2 is 1.23 bits per heavy atom. The lowest BCUT2D eigenvalue weighted by Gasteiger charge is -2.15. The summed E-state index contributed by atoms with van der Waals surface area (Å²) in [5.41, 5.74) is 4.01. The standard InChI is InChI=1S/C30H46O/c1-5-7-8-12-15-26(4)31-30-23-21-29(22-24-30)28-19-17-27(18-20-28)16-13-10-9-11-14-25(3)6-2/h17-26H,5-16H2,1-4H3. The zero-order valence-electron chi connectivity index (χ0n) is 20.7. The van der Waals surface area contributed by atoms with Gasteiger partial charge in [-0.2, -0.15) is 0 Å². The molecule has 0 amide bonds. The summed E-state index contributed by atoms with van der Waals surface area (Å²) in [5.74, 6) is 1.88. The highest BCUT2D eigenvalue weighted by atomic mass is 16.5. The quantitative estimate of drug-likeness (QED) is 0.245. The predicted molar refractivity (Wildman–Crippen MR) is 137 cm³/mol. The van der Waals surface area contributed by atoms with E-state index in [4.69, 9.17) is 4.74 Å². The third-order valence-corrected chi connectivity index (χ3v) is 6.55. The summed E-state index contributed by atoms with van der Waals surface area (Å²) in [6.07, 6.45) is 16.0. The maximum absolute atomic E-state index is 6.10. The number of rotatable bonds is 16. The van der Waals surface area contributed by atoms with Crippen LogP contribution in [0.25, 0.3) is 11.1 Å². The Morgan fingerprint density at radius 1 is 0.645 bits per heavy atom. The van der Waals surface area contributed by atoms with Crippen molar-refractivity contribution in [3.63, 3.8) is 0 Å². The van der Waals surface area contributed by atoms with Gasteiger partial charge in [0, 0.05) is 0 Å². The van der Waals surface area contributed by atoms with E-state index in [1.807, 2.05) is 0 Å². The molecule has 0 heterocycles. The summed E-state index contributed by atoms with van der Waals surface area (Å²) >= 11 is 0. The molecule has 0 aliphatic rings. The fourth-order valence-corrected chi connectivity index (χ4v) is 4.12. The molecule has 0 saturated carbocycles. The minimum atomic E-state index is 0.289. The maximum atomic E-state index is 6.10. The second-order valence-corrected chi connectivity index (χ2v) is 9.47. The van der Waals surface area contributed by atoms with E-state index < -0.39 is 0 Å². The first kappa shape index (κ1) is 25.5. The fraction of sp³-hybridized carbons (Fsp3) is 0.600. The maximum Gasteiger partial charge on any atom is 0.119 e. The molecule has 0 saturated heterocycles. The van der Waals surface area contributed by atoms with Gasteiger partial charge in [0.2, 0.25) is 0 Å². The molecule has 0 aliphatic carbocycles. The van der Waals surface area contributed by atoms with Gasteiger partial charge in [-0.3, -0.25) is 0 Å². The van der Waals surface area contributed by atoms with E-state index in [0.717, 1.165) is 18.1 Å². The molecule has 0 aromatic heterocycles. The largest absolute Gasteiger partial charge is 0.491 e. The molecular weight excluding hydrogens is 376 g/mol. The zero-order valence-corrected chi connectivity index (χ0v) is 20.7. The Morgan fingerprint density at radius 3 is 1.87 bits per heavy atom. The Hall–Kier alpha value is -1.76. The molecule has 0 aliphatic heterocycles. The lowest BCUT2D eigenvalue weighted by molar-refractivity contribution is 0.206. The number of aryl methyl sites for hydroxylation is 1. The number of ether oxygens (including phenoxy) is 1. The lowest BCUT2D eigenvalue weighted by atomic mass is 9.98. The van der Waals surface area contributed by atoms with Gasteiger partial charge in [-0.05, 0) is 67.3 Å². The fourth-order valence-electron chi connectivity index (χ4n) is 4.12. The van der Waals surface area contributed by atoms with Crippen molar-refractivity contribution in [3.8, 4) is 16.9 Å². The van der Waals surface area contributed by atoms with Crippen LogP contribution in [0.3, 0.4) is 0 Å². The molecule has 2 rings (SSSR count). The van der Waals surface area contributed by atoms with Crippen LogP contribution in [0.15, 0.2) is 48.5 Å². The minimum absolute atomic E-state index is 0.289. The van der Waals surface area contributed by atoms with Gasteiger partial charge in [-0.1, -0.05) is 109 Å². The molecule has 0 bridgehead atoms. The van der Waals surface area contributed by atoms with Gasteiger partial charge in [0.05, 0.1) is 6.10 Å². The Labute approximate surface area is 192 Å². The molecule has 172 valence electrons. The average molecular weight is 423 g/mol. The normalized spacial score (nSPS) is 13.2. The summed E-state index contributed by atoms with van der Waals surface area (Å²) in [6.45, 7) is 9.11. The molecule has 2 atom stereocenters.